The normalized spacial score (nSPS) is 30.9. The highest BCUT2D eigenvalue weighted by Crippen LogP contribution is 2.36. The number of nitriles is 1. The predicted molar refractivity (Wildman–Crippen MR) is 74.9 cm³/mol. The second-order valence-corrected chi connectivity index (χ2v) is 5.96. The van der Waals surface area contributed by atoms with Crippen molar-refractivity contribution in [2.75, 3.05) is 6.54 Å². The molecule has 3 rings (SSSR count). The smallest absolute Gasteiger partial charge is 0.0991 e. The molecule has 0 aliphatic carbocycles. The minimum Gasteiger partial charge on any atom is -0.393 e. The third-order valence-corrected chi connectivity index (χ3v) is 4.67. The Hall–Kier alpha value is -1.41. The standard InChI is InChI=1S/C16H20N2O2/c17-9-11-1-3-12(4-2-11)16(20)10-18-13-5-6-14(18)8-15(19)7-13/h1-4,13-16,19-20H,5-8,10H2. The fourth-order valence-corrected chi connectivity index (χ4v) is 3.63. The summed E-state index contributed by atoms with van der Waals surface area (Å²) >= 11 is 0. The average Bonchev–Trinajstić information content (AvgIpc) is 2.70. The molecule has 2 aliphatic heterocycles. The minimum absolute atomic E-state index is 0.171. The molecule has 1 aromatic carbocycles. The van der Waals surface area contributed by atoms with Gasteiger partial charge in [0.15, 0.2) is 0 Å². The van der Waals surface area contributed by atoms with Gasteiger partial charge in [-0.15, -0.1) is 0 Å². The van der Waals surface area contributed by atoms with Crippen LogP contribution in [-0.2, 0) is 0 Å². The Kier molecular flexibility index (Phi) is 3.75. The second kappa shape index (κ2) is 5.53. The predicted octanol–water partition coefficient (Wildman–Crippen LogP) is 1.58. The summed E-state index contributed by atoms with van der Waals surface area (Å²) in [6.45, 7) is 0.619. The van der Waals surface area contributed by atoms with E-state index in [1.165, 1.54) is 0 Å². The van der Waals surface area contributed by atoms with E-state index in [0.717, 1.165) is 31.2 Å². The Balaban J connectivity index is 1.67. The number of aliphatic hydroxyl groups excluding tert-OH is 2. The molecule has 2 saturated heterocycles. The lowest BCUT2D eigenvalue weighted by molar-refractivity contribution is 0.00800. The molecule has 2 N–H and O–H groups in total. The quantitative estimate of drug-likeness (QED) is 0.876. The molecule has 0 saturated carbocycles. The van der Waals surface area contributed by atoms with Crippen molar-refractivity contribution >= 4 is 0 Å². The summed E-state index contributed by atoms with van der Waals surface area (Å²) in [6.07, 6.45) is 3.22. The van der Waals surface area contributed by atoms with Crippen molar-refractivity contribution in [1.29, 1.82) is 5.26 Å². The topological polar surface area (TPSA) is 67.5 Å². The van der Waals surface area contributed by atoms with E-state index < -0.39 is 6.10 Å². The fourth-order valence-electron chi connectivity index (χ4n) is 3.63. The van der Waals surface area contributed by atoms with E-state index >= 15 is 0 Å². The molecule has 0 radical (unpaired) electrons. The molecule has 2 fully saturated rings. The number of nitrogens with zero attached hydrogens (tertiary/aromatic N) is 2. The van der Waals surface area contributed by atoms with E-state index in [0.29, 0.717) is 24.2 Å². The largest absolute Gasteiger partial charge is 0.393 e. The highest BCUT2D eigenvalue weighted by molar-refractivity contribution is 5.32. The molecule has 4 heteroatoms. The summed E-state index contributed by atoms with van der Waals surface area (Å²) in [5, 5.41) is 29.0. The molecule has 2 aliphatic rings. The van der Waals surface area contributed by atoms with Gasteiger partial charge in [-0.1, -0.05) is 12.1 Å². The van der Waals surface area contributed by atoms with E-state index in [1.54, 1.807) is 12.1 Å². The lowest BCUT2D eigenvalue weighted by Gasteiger charge is -2.38. The molecule has 20 heavy (non-hydrogen) atoms. The van der Waals surface area contributed by atoms with Crippen molar-refractivity contribution in [2.24, 2.45) is 0 Å². The van der Waals surface area contributed by atoms with Crippen molar-refractivity contribution in [1.82, 2.24) is 4.90 Å². The van der Waals surface area contributed by atoms with Crippen LogP contribution < -0.4 is 0 Å². The zero-order valence-electron chi connectivity index (χ0n) is 11.4. The van der Waals surface area contributed by atoms with Crippen LogP contribution in [0, 0.1) is 11.3 Å². The second-order valence-electron chi connectivity index (χ2n) is 5.96. The van der Waals surface area contributed by atoms with E-state index in [2.05, 4.69) is 11.0 Å². The van der Waals surface area contributed by atoms with Crippen molar-refractivity contribution in [3.8, 4) is 6.07 Å². The molecule has 0 spiro atoms. The Bertz CT molecular complexity index is 494. The van der Waals surface area contributed by atoms with Crippen LogP contribution in [0.25, 0.3) is 0 Å². The summed E-state index contributed by atoms with van der Waals surface area (Å²) in [5.74, 6) is 0. The maximum absolute atomic E-state index is 10.4. The van der Waals surface area contributed by atoms with Gasteiger partial charge in [0.25, 0.3) is 0 Å². The molecule has 3 unspecified atom stereocenters. The Labute approximate surface area is 119 Å². The SMILES string of the molecule is N#Cc1ccc(C(O)CN2C3CCC2CC(O)C3)cc1. The van der Waals surface area contributed by atoms with Gasteiger partial charge in [-0.2, -0.15) is 5.26 Å². The number of fused-ring (bicyclic) bond motifs is 2. The monoisotopic (exact) mass is 272 g/mol. The summed E-state index contributed by atoms with van der Waals surface area (Å²) in [7, 11) is 0. The summed E-state index contributed by atoms with van der Waals surface area (Å²) in [4.78, 5) is 2.36. The van der Waals surface area contributed by atoms with E-state index in [-0.39, 0.29) is 6.10 Å². The molecular formula is C16H20N2O2. The van der Waals surface area contributed by atoms with Gasteiger partial charge >= 0.3 is 0 Å². The number of benzene rings is 1. The van der Waals surface area contributed by atoms with Gasteiger partial charge in [0.05, 0.1) is 23.8 Å². The van der Waals surface area contributed by atoms with Gasteiger partial charge in [-0.3, -0.25) is 4.90 Å². The van der Waals surface area contributed by atoms with Gasteiger partial charge in [-0.25, -0.2) is 0 Å². The van der Waals surface area contributed by atoms with Crippen LogP contribution in [0.1, 0.15) is 42.9 Å². The van der Waals surface area contributed by atoms with Gasteiger partial charge in [0, 0.05) is 18.6 Å². The molecule has 0 amide bonds. The first-order chi connectivity index (χ1) is 9.67. The third-order valence-electron chi connectivity index (χ3n) is 4.67. The highest BCUT2D eigenvalue weighted by Gasteiger charge is 2.40. The van der Waals surface area contributed by atoms with Crippen molar-refractivity contribution in [2.45, 2.75) is 50.0 Å². The average molecular weight is 272 g/mol. The van der Waals surface area contributed by atoms with Crippen LogP contribution in [0.5, 0.6) is 0 Å². The third kappa shape index (κ3) is 2.57. The highest BCUT2D eigenvalue weighted by atomic mass is 16.3. The van der Waals surface area contributed by atoms with Crippen molar-refractivity contribution in [3.63, 3.8) is 0 Å². The summed E-state index contributed by atoms with van der Waals surface area (Å²) < 4.78 is 0. The van der Waals surface area contributed by atoms with Crippen LogP contribution >= 0.6 is 0 Å². The van der Waals surface area contributed by atoms with Crippen LogP contribution in [0.2, 0.25) is 0 Å². The molecule has 2 heterocycles. The number of hydrogen-bond donors (Lipinski definition) is 2. The number of rotatable bonds is 3. The van der Waals surface area contributed by atoms with Crippen molar-refractivity contribution < 1.29 is 10.2 Å². The maximum atomic E-state index is 10.4. The zero-order chi connectivity index (χ0) is 14.1. The molecule has 2 bridgehead atoms. The first-order valence-corrected chi connectivity index (χ1v) is 7.29. The van der Waals surface area contributed by atoms with Gasteiger partial charge < -0.3 is 10.2 Å². The summed E-state index contributed by atoms with van der Waals surface area (Å²) in [6, 6.07) is 10.0. The van der Waals surface area contributed by atoms with E-state index in [4.69, 9.17) is 5.26 Å². The molecule has 0 aromatic heterocycles. The molecule has 4 nitrogen and oxygen atoms in total. The number of aliphatic hydroxyl groups is 2. The van der Waals surface area contributed by atoms with E-state index in [1.807, 2.05) is 12.1 Å². The maximum Gasteiger partial charge on any atom is 0.0991 e. The first kappa shape index (κ1) is 13.6. The van der Waals surface area contributed by atoms with Gasteiger partial charge in [0.2, 0.25) is 0 Å². The summed E-state index contributed by atoms with van der Waals surface area (Å²) in [5.41, 5.74) is 1.47. The zero-order valence-corrected chi connectivity index (χ0v) is 11.4. The van der Waals surface area contributed by atoms with Crippen LogP contribution in [0.3, 0.4) is 0 Å². The Morgan fingerprint density at radius 1 is 1.20 bits per heavy atom. The van der Waals surface area contributed by atoms with Gasteiger partial charge in [-0.05, 0) is 43.4 Å². The number of hydrogen-bond acceptors (Lipinski definition) is 4. The molecule has 106 valence electrons. The Morgan fingerprint density at radius 3 is 2.35 bits per heavy atom. The Morgan fingerprint density at radius 2 is 1.80 bits per heavy atom. The van der Waals surface area contributed by atoms with Crippen LogP contribution in [0.4, 0.5) is 0 Å². The fraction of sp³-hybridized carbons (Fsp3) is 0.562. The molecular weight excluding hydrogens is 252 g/mol. The van der Waals surface area contributed by atoms with Crippen LogP contribution in [0.15, 0.2) is 24.3 Å². The lowest BCUT2D eigenvalue weighted by atomic mass is 9.98. The minimum atomic E-state index is -0.527. The first-order valence-electron chi connectivity index (χ1n) is 7.29. The molecule has 3 atom stereocenters. The van der Waals surface area contributed by atoms with Crippen LogP contribution in [-0.4, -0.2) is 39.8 Å². The van der Waals surface area contributed by atoms with E-state index in [9.17, 15) is 10.2 Å². The number of piperidine rings is 1. The van der Waals surface area contributed by atoms with Crippen molar-refractivity contribution in [3.05, 3.63) is 35.4 Å². The lowest BCUT2D eigenvalue weighted by Crippen LogP contribution is -2.46. The molecule has 1 aromatic rings. The van der Waals surface area contributed by atoms with Gasteiger partial charge in [0.1, 0.15) is 0 Å².